The van der Waals surface area contributed by atoms with Crippen molar-refractivity contribution in [2.75, 3.05) is 0 Å². The Labute approximate surface area is 118 Å². The van der Waals surface area contributed by atoms with E-state index in [2.05, 4.69) is 0 Å². The van der Waals surface area contributed by atoms with Gasteiger partial charge in [0.2, 0.25) is 0 Å². The Bertz CT molecular complexity index is 733. The van der Waals surface area contributed by atoms with Crippen LogP contribution in [0.5, 0.6) is 5.75 Å². The van der Waals surface area contributed by atoms with Crippen molar-refractivity contribution >= 4 is 5.78 Å². The lowest BCUT2D eigenvalue weighted by Gasteiger charge is -2.12. The monoisotopic (exact) mass is 292 g/mol. The molecule has 0 saturated heterocycles. The lowest BCUT2D eigenvalue weighted by Crippen LogP contribution is -2.04. The summed E-state index contributed by atoms with van der Waals surface area (Å²) in [6.07, 6.45) is -3.70. The lowest BCUT2D eigenvalue weighted by molar-refractivity contribution is -0.137. The standard InChI is InChI=1S/C16H11F3O2/c17-16(18,19)10-3-1-2-9(8-10)11-4-6-13(20)15-12(11)5-7-14(15)21/h1-4,6,8,20H,5,7H2. The molecule has 0 spiro atoms. The number of carbonyl (C=O) groups is 1. The highest BCUT2D eigenvalue weighted by Gasteiger charge is 2.31. The average molecular weight is 292 g/mol. The van der Waals surface area contributed by atoms with Crippen LogP contribution < -0.4 is 0 Å². The van der Waals surface area contributed by atoms with Crippen LogP contribution in [0, 0.1) is 0 Å². The summed E-state index contributed by atoms with van der Waals surface area (Å²) in [7, 11) is 0. The molecule has 108 valence electrons. The zero-order valence-electron chi connectivity index (χ0n) is 10.9. The molecule has 0 heterocycles. The van der Waals surface area contributed by atoms with Crippen molar-refractivity contribution in [2.24, 2.45) is 0 Å². The summed E-state index contributed by atoms with van der Waals surface area (Å²) in [5.41, 5.74) is 1.10. The summed E-state index contributed by atoms with van der Waals surface area (Å²) in [6.45, 7) is 0. The van der Waals surface area contributed by atoms with Gasteiger partial charge in [-0.15, -0.1) is 0 Å². The van der Waals surface area contributed by atoms with Gasteiger partial charge < -0.3 is 5.11 Å². The number of halogens is 3. The van der Waals surface area contributed by atoms with Crippen molar-refractivity contribution in [1.82, 2.24) is 0 Å². The van der Waals surface area contributed by atoms with Crippen LogP contribution in [0.2, 0.25) is 0 Å². The van der Waals surface area contributed by atoms with E-state index in [1.165, 1.54) is 12.1 Å². The molecule has 0 aliphatic heterocycles. The molecule has 1 N–H and O–H groups in total. The minimum atomic E-state index is -4.41. The Morgan fingerprint density at radius 2 is 1.81 bits per heavy atom. The number of ketones is 1. The van der Waals surface area contributed by atoms with E-state index in [0.29, 0.717) is 23.1 Å². The predicted octanol–water partition coefficient (Wildman–Crippen LogP) is 4.21. The van der Waals surface area contributed by atoms with E-state index in [4.69, 9.17) is 0 Å². The van der Waals surface area contributed by atoms with Crippen LogP contribution >= 0.6 is 0 Å². The van der Waals surface area contributed by atoms with Gasteiger partial charge >= 0.3 is 6.18 Å². The highest BCUT2D eigenvalue weighted by atomic mass is 19.4. The van der Waals surface area contributed by atoms with E-state index in [-0.39, 0.29) is 23.5 Å². The zero-order valence-corrected chi connectivity index (χ0v) is 10.9. The first-order valence-corrected chi connectivity index (χ1v) is 6.43. The van der Waals surface area contributed by atoms with Crippen LogP contribution in [0.4, 0.5) is 13.2 Å². The second kappa shape index (κ2) is 4.62. The molecule has 0 aromatic heterocycles. The van der Waals surface area contributed by atoms with E-state index in [9.17, 15) is 23.1 Å². The summed E-state index contributed by atoms with van der Waals surface area (Å²) >= 11 is 0. The molecular weight excluding hydrogens is 281 g/mol. The molecule has 0 radical (unpaired) electrons. The first-order chi connectivity index (χ1) is 9.88. The quantitative estimate of drug-likeness (QED) is 0.855. The van der Waals surface area contributed by atoms with Gasteiger partial charge in [0.25, 0.3) is 0 Å². The molecule has 2 aromatic rings. The van der Waals surface area contributed by atoms with E-state index in [0.717, 1.165) is 12.1 Å². The average Bonchev–Trinajstić information content (AvgIpc) is 2.82. The van der Waals surface area contributed by atoms with Crippen LogP contribution in [0.15, 0.2) is 36.4 Å². The molecule has 0 saturated carbocycles. The Morgan fingerprint density at radius 1 is 1.05 bits per heavy atom. The van der Waals surface area contributed by atoms with Gasteiger partial charge in [0.05, 0.1) is 11.1 Å². The Kier molecular flexibility index (Phi) is 3.01. The summed E-state index contributed by atoms with van der Waals surface area (Å²) in [5, 5.41) is 9.76. The first kappa shape index (κ1) is 13.7. The van der Waals surface area contributed by atoms with Crippen LogP contribution in [0.3, 0.4) is 0 Å². The van der Waals surface area contributed by atoms with Gasteiger partial charge in [-0.2, -0.15) is 13.2 Å². The Morgan fingerprint density at radius 3 is 2.52 bits per heavy atom. The van der Waals surface area contributed by atoms with Gasteiger partial charge in [-0.05, 0) is 41.3 Å². The number of alkyl halides is 3. The number of rotatable bonds is 1. The molecule has 1 aliphatic rings. The number of benzene rings is 2. The van der Waals surface area contributed by atoms with Gasteiger partial charge in [0, 0.05) is 6.42 Å². The second-order valence-corrected chi connectivity index (χ2v) is 4.99. The number of hydrogen-bond acceptors (Lipinski definition) is 2. The van der Waals surface area contributed by atoms with E-state index < -0.39 is 11.7 Å². The van der Waals surface area contributed by atoms with Gasteiger partial charge in [-0.3, -0.25) is 4.79 Å². The van der Waals surface area contributed by atoms with E-state index >= 15 is 0 Å². The number of aromatic hydroxyl groups is 1. The van der Waals surface area contributed by atoms with Crippen LogP contribution in [-0.2, 0) is 12.6 Å². The fraction of sp³-hybridized carbons (Fsp3) is 0.188. The fourth-order valence-corrected chi connectivity index (χ4v) is 2.70. The van der Waals surface area contributed by atoms with Crippen molar-refractivity contribution in [3.05, 3.63) is 53.1 Å². The molecule has 2 nitrogen and oxygen atoms in total. The number of phenolic OH excluding ortho intramolecular Hbond substituents is 1. The molecule has 0 fully saturated rings. The highest BCUT2D eigenvalue weighted by Crippen LogP contribution is 2.39. The topological polar surface area (TPSA) is 37.3 Å². The van der Waals surface area contributed by atoms with Crippen LogP contribution in [0.1, 0.15) is 27.9 Å². The normalized spacial score (nSPS) is 14.3. The Balaban J connectivity index is 2.17. The van der Waals surface area contributed by atoms with Gasteiger partial charge in [0.1, 0.15) is 5.75 Å². The summed E-state index contributed by atoms with van der Waals surface area (Å²) in [4.78, 5) is 11.8. The van der Waals surface area contributed by atoms with Gasteiger partial charge in [-0.1, -0.05) is 18.2 Å². The second-order valence-electron chi connectivity index (χ2n) is 4.99. The largest absolute Gasteiger partial charge is 0.507 e. The number of carbonyl (C=O) groups excluding carboxylic acids is 1. The molecule has 1 aliphatic carbocycles. The maximum absolute atomic E-state index is 12.8. The van der Waals surface area contributed by atoms with Crippen molar-refractivity contribution < 1.29 is 23.1 Å². The summed E-state index contributed by atoms with van der Waals surface area (Å²) < 4.78 is 38.4. The number of fused-ring (bicyclic) bond motifs is 1. The van der Waals surface area contributed by atoms with Gasteiger partial charge in [0.15, 0.2) is 5.78 Å². The number of hydrogen-bond donors (Lipinski definition) is 1. The van der Waals surface area contributed by atoms with E-state index in [1.807, 2.05) is 0 Å². The minimum Gasteiger partial charge on any atom is -0.507 e. The third-order valence-corrected chi connectivity index (χ3v) is 3.67. The Hall–Kier alpha value is -2.30. The molecular formula is C16H11F3O2. The maximum atomic E-state index is 12.8. The molecule has 0 unspecified atom stereocenters. The smallest absolute Gasteiger partial charge is 0.416 e. The molecule has 0 bridgehead atoms. The van der Waals surface area contributed by atoms with Crippen molar-refractivity contribution in [2.45, 2.75) is 19.0 Å². The van der Waals surface area contributed by atoms with E-state index in [1.54, 1.807) is 12.1 Å². The lowest BCUT2D eigenvalue weighted by atomic mass is 9.95. The summed E-state index contributed by atoms with van der Waals surface area (Å²) in [5.74, 6) is -0.278. The number of phenols is 1. The molecule has 2 aromatic carbocycles. The van der Waals surface area contributed by atoms with Crippen LogP contribution in [-0.4, -0.2) is 10.9 Å². The predicted molar refractivity (Wildman–Crippen MR) is 71.2 cm³/mol. The van der Waals surface area contributed by atoms with Crippen molar-refractivity contribution in [1.29, 1.82) is 0 Å². The molecule has 0 amide bonds. The zero-order chi connectivity index (χ0) is 15.2. The first-order valence-electron chi connectivity index (χ1n) is 6.43. The summed E-state index contributed by atoms with van der Waals surface area (Å²) in [6, 6.07) is 7.91. The molecule has 21 heavy (non-hydrogen) atoms. The SMILES string of the molecule is O=C1CCc2c(-c3cccc(C(F)(F)F)c3)ccc(O)c21. The minimum absolute atomic E-state index is 0.108. The maximum Gasteiger partial charge on any atom is 0.416 e. The van der Waals surface area contributed by atoms with Crippen molar-refractivity contribution in [3.63, 3.8) is 0 Å². The molecule has 0 atom stereocenters. The van der Waals surface area contributed by atoms with Gasteiger partial charge in [-0.25, -0.2) is 0 Å². The molecule has 5 heteroatoms. The van der Waals surface area contributed by atoms with Crippen molar-refractivity contribution in [3.8, 4) is 16.9 Å². The number of Topliss-reactive ketones (excluding diaryl/α,β-unsaturated/α-hetero) is 1. The molecule has 3 rings (SSSR count). The van der Waals surface area contributed by atoms with Crippen LogP contribution in [0.25, 0.3) is 11.1 Å². The third kappa shape index (κ3) is 2.28. The highest BCUT2D eigenvalue weighted by molar-refractivity contribution is 6.04. The fourth-order valence-electron chi connectivity index (χ4n) is 2.70. The third-order valence-electron chi connectivity index (χ3n) is 3.67.